The fourth-order valence-electron chi connectivity index (χ4n) is 2.97. The van der Waals surface area contributed by atoms with Gasteiger partial charge in [0.15, 0.2) is 0 Å². The Morgan fingerprint density at radius 3 is 2.60 bits per heavy atom. The summed E-state index contributed by atoms with van der Waals surface area (Å²) in [6.07, 6.45) is 2.04. The van der Waals surface area contributed by atoms with E-state index in [2.05, 4.69) is 37.8 Å². The van der Waals surface area contributed by atoms with Crippen LogP contribution in [0.4, 0.5) is 5.69 Å². The molecule has 0 spiro atoms. The molecule has 0 unspecified atom stereocenters. The van der Waals surface area contributed by atoms with E-state index in [9.17, 15) is 8.42 Å². The van der Waals surface area contributed by atoms with Crippen molar-refractivity contribution in [3.63, 3.8) is 0 Å². The second-order valence-electron chi connectivity index (χ2n) is 5.76. The number of fused-ring (bicyclic) bond motifs is 3. The Hall–Kier alpha value is -1.89. The van der Waals surface area contributed by atoms with E-state index in [0.717, 1.165) is 17.5 Å². The average Bonchev–Trinajstić information content (AvgIpc) is 2.94. The molecule has 0 saturated carbocycles. The molecule has 25 heavy (non-hydrogen) atoms. The molecule has 0 fully saturated rings. The number of hydrogen-bond acceptors (Lipinski definition) is 3. The first kappa shape index (κ1) is 16.6. The predicted molar refractivity (Wildman–Crippen MR) is 102 cm³/mol. The number of nitrogens with one attached hydrogen (secondary N) is 1. The van der Waals surface area contributed by atoms with Gasteiger partial charge in [-0.05, 0) is 62.8 Å². The van der Waals surface area contributed by atoms with Gasteiger partial charge >= 0.3 is 0 Å². The Morgan fingerprint density at radius 2 is 1.80 bits per heavy atom. The number of rotatable bonds is 3. The second-order valence-corrected chi connectivity index (χ2v) is 8.65. The Bertz CT molecular complexity index is 1100. The van der Waals surface area contributed by atoms with Crippen molar-refractivity contribution >= 4 is 43.2 Å². The van der Waals surface area contributed by atoms with Crippen LogP contribution in [0, 0.1) is 0 Å². The minimum absolute atomic E-state index is 0.0487. The smallest absolute Gasteiger partial charge is 0.263 e. The SMILES string of the molecule is O=S(=O)(Nc1ccc2c(c1)Cc1ccccc1-2)c1cnc(Cl)c(Br)c1. The van der Waals surface area contributed by atoms with Crippen LogP contribution >= 0.6 is 27.5 Å². The number of pyridine rings is 1. The minimum Gasteiger partial charge on any atom is -0.280 e. The lowest BCUT2D eigenvalue weighted by molar-refractivity contribution is 0.600. The van der Waals surface area contributed by atoms with E-state index >= 15 is 0 Å². The van der Waals surface area contributed by atoms with E-state index in [1.165, 1.54) is 23.4 Å². The highest BCUT2D eigenvalue weighted by Gasteiger charge is 2.20. The number of benzene rings is 2. The van der Waals surface area contributed by atoms with Gasteiger partial charge in [0.2, 0.25) is 0 Å². The Labute approximate surface area is 159 Å². The zero-order valence-corrected chi connectivity index (χ0v) is 16.0. The molecule has 4 rings (SSSR count). The van der Waals surface area contributed by atoms with Gasteiger partial charge in [0, 0.05) is 11.9 Å². The van der Waals surface area contributed by atoms with E-state index in [-0.39, 0.29) is 10.0 Å². The van der Waals surface area contributed by atoms with Crippen molar-refractivity contribution in [1.29, 1.82) is 0 Å². The van der Waals surface area contributed by atoms with Gasteiger partial charge in [0.05, 0.1) is 4.47 Å². The molecule has 0 radical (unpaired) electrons. The van der Waals surface area contributed by atoms with Crippen LogP contribution in [0.3, 0.4) is 0 Å². The Balaban J connectivity index is 1.66. The maximum atomic E-state index is 12.6. The molecule has 1 N–H and O–H groups in total. The number of aromatic nitrogens is 1. The molecule has 1 heterocycles. The largest absolute Gasteiger partial charge is 0.280 e. The molecule has 1 aliphatic carbocycles. The molecule has 3 aromatic rings. The summed E-state index contributed by atoms with van der Waals surface area (Å²) in [5.41, 5.74) is 5.24. The summed E-state index contributed by atoms with van der Waals surface area (Å²) in [6, 6.07) is 15.2. The van der Waals surface area contributed by atoms with Crippen molar-refractivity contribution < 1.29 is 8.42 Å². The molecule has 0 saturated heterocycles. The third-order valence-corrected chi connectivity index (χ3v) is 6.61. The van der Waals surface area contributed by atoms with E-state index in [1.807, 2.05) is 24.3 Å². The zero-order chi connectivity index (χ0) is 17.6. The predicted octanol–water partition coefficient (Wildman–Crippen LogP) is 4.87. The summed E-state index contributed by atoms with van der Waals surface area (Å²) in [7, 11) is -3.74. The number of sulfonamides is 1. The Kier molecular flexibility index (Phi) is 4.06. The number of halogens is 2. The third-order valence-electron chi connectivity index (χ3n) is 4.13. The number of nitrogens with zero attached hydrogens (tertiary/aromatic N) is 1. The first-order chi connectivity index (χ1) is 11.9. The Morgan fingerprint density at radius 1 is 1.04 bits per heavy atom. The quantitative estimate of drug-likeness (QED) is 0.467. The van der Waals surface area contributed by atoms with E-state index < -0.39 is 10.0 Å². The summed E-state index contributed by atoms with van der Waals surface area (Å²) < 4.78 is 28.2. The topological polar surface area (TPSA) is 59.1 Å². The number of hydrogen-bond donors (Lipinski definition) is 1. The van der Waals surface area contributed by atoms with Crippen molar-refractivity contribution in [2.24, 2.45) is 0 Å². The van der Waals surface area contributed by atoms with Crippen LogP contribution in [0.2, 0.25) is 5.15 Å². The van der Waals surface area contributed by atoms with Gasteiger partial charge in [-0.2, -0.15) is 0 Å². The van der Waals surface area contributed by atoms with Crippen LogP contribution in [0.1, 0.15) is 11.1 Å². The van der Waals surface area contributed by atoms with Crippen LogP contribution in [0.25, 0.3) is 11.1 Å². The van der Waals surface area contributed by atoms with E-state index in [4.69, 9.17) is 11.6 Å². The standard InChI is InChI=1S/C18H12BrClN2O2S/c19-17-9-14(10-21-18(17)20)25(23,24)22-13-5-6-16-12(8-13)7-11-3-1-2-4-15(11)16/h1-6,8-10,22H,7H2. The maximum absolute atomic E-state index is 12.6. The van der Waals surface area contributed by atoms with Gasteiger partial charge in [0.25, 0.3) is 10.0 Å². The number of anilines is 1. The highest BCUT2D eigenvalue weighted by molar-refractivity contribution is 9.10. The van der Waals surface area contributed by atoms with Gasteiger partial charge in [-0.15, -0.1) is 0 Å². The molecule has 0 amide bonds. The van der Waals surface area contributed by atoms with Crippen LogP contribution in [-0.4, -0.2) is 13.4 Å². The fourth-order valence-corrected chi connectivity index (χ4v) is 4.60. The summed E-state index contributed by atoms with van der Waals surface area (Å²) >= 11 is 9.02. The summed E-state index contributed by atoms with van der Waals surface area (Å²) in [6.45, 7) is 0. The van der Waals surface area contributed by atoms with Gasteiger partial charge < -0.3 is 0 Å². The summed E-state index contributed by atoms with van der Waals surface area (Å²) in [5, 5.41) is 0.217. The first-order valence-corrected chi connectivity index (χ1v) is 10.1. The van der Waals surface area contributed by atoms with Crippen LogP contribution in [0.5, 0.6) is 0 Å². The highest BCUT2D eigenvalue weighted by atomic mass is 79.9. The first-order valence-electron chi connectivity index (χ1n) is 7.49. The summed E-state index contributed by atoms with van der Waals surface area (Å²) in [5.74, 6) is 0. The monoisotopic (exact) mass is 434 g/mol. The second kappa shape index (κ2) is 6.12. The van der Waals surface area contributed by atoms with Gasteiger partial charge in [-0.25, -0.2) is 13.4 Å². The lowest BCUT2D eigenvalue weighted by atomic mass is 10.1. The van der Waals surface area contributed by atoms with Crippen LogP contribution < -0.4 is 4.72 Å². The molecular weight excluding hydrogens is 424 g/mol. The van der Waals surface area contributed by atoms with E-state index in [1.54, 1.807) is 6.07 Å². The molecule has 1 aliphatic rings. The highest BCUT2D eigenvalue weighted by Crippen LogP contribution is 2.38. The molecule has 7 heteroatoms. The average molecular weight is 436 g/mol. The lowest BCUT2D eigenvalue weighted by Crippen LogP contribution is -2.13. The van der Waals surface area contributed by atoms with Crippen molar-refractivity contribution in [2.75, 3.05) is 4.72 Å². The zero-order valence-electron chi connectivity index (χ0n) is 12.8. The fraction of sp³-hybridized carbons (Fsp3) is 0.0556. The van der Waals surface area contributed by atoms with Crippen molar-refractivity contribution in [3.05, 3.63) is 75.5 Å². The lowest BCUT2D eigenvalue weighted by Gasteiger charge is -2.10. The van der Waals surface area contributed by atoms with Gasteiger partial charge in [0.1, 0.15) is 10.0 Å². The molecule has 2 aromatic carbocycles. The van der Waals surface area contributed by atoms with E-state index in [0.29, 0.717) is 10.2 Å². The molecule has 0 atom stereocenters. The van der Waals surface area contributed by atoms with Crippen molar-refractivity contribution in [3.8, 4) is 11.1 Å². The molecule has 1 aromatic heterocycles. The summed E-state index contributed by atoms with van der Waals surface area (Å²) in [4.78, 5) is 3.92. The van der Waals surface area contributed by atoms with Crippen molar-refractivity contribution in [1.82, 2.24) is 4.98 Å². The molecule has 4 nitrogen and oxygen atoms in total. The van der Waals surface area contributed by atoms with Gasteiger partial charge in [-0.3, -0.25) is 4.72 Å². The normalized spacial score (nSPS) is 12.6. The minimum atomic E-state index is -3.74. The molecule has 126 valence electrons. The van der Waals surface area contributed by atoms with Gasteiger partial charge in [-0.1, -0.05) is 41.9 Å². The maximum Gasteiger partial charge on any atom is 0.263 e. The van der Waals surface area contributed by atoms with Crippen LogP contribution in [0.15, 0.2) is 64.1 Å². The molecule has 0 aliphatic heterocycles. The van der Waals surface area contributed by atoms with Crippen LogP contribution in [-0.2, 0) is 16.4 Å². The van der Waals surface area contributed by atoms with Crippen molar-refractivity contribution in [2.45, 2.75) is 11.3 Å². The molecule has 0 bridgehead atoms. The molecular formula is C18H12BrClN2O2S. The third kappa shape index (κ3) is 3.05.